The van der Waals surface area contributed by atoms with Crippen LogP contribution in [0, 0.1) is 0 Å². The first-order chi connectivity index (χ1) is 8.06. The molecule has 2 atom stereocenters. The van der Waals surface area contributed by atoms with Gasteiger partial charge in [0.25, 0.3) is 7.82 Å². The van der Waals surface area contributed by atoms with E-state index >= 15 is 0 Å². The Labute approximate surface area is 121 Å². The zero-order valence-corrected chi connectivity index (χ0v) is 12.0. The summed E-state index contributed by atoms with van der Waals surface area (Å²) in [6, 6.07) is 0. The summed E-state index contributed by atoms with van der Waals surface area (Å²) in [5, 5.41) is 14.8. The van der Waals surface area contributed by atoms with Crippen LogP contribution in [-0.2, 0) is 31.9 Å². The molecule has 0 aromatic carbocycles. The van der Waals surface area contributed by atoms with Gasteiger partial charge in [0, 0.05) is 0 Å². The molecule has 20 heavy (non-hydrogen) atoms. The van der Waals surface area contributed by atoms with E-state index in [-0.39, 0.29) is 18.9 Å². The van der Waals surface area contributed by atoms with Gasteiger partial charge in [-0.25, -0.2) is 23.0 Å². The fourth-order valence-electron chi connectivity index (χ4n) is 0.280. The Bertz CT molecular complexity index is 429. The SMILES string of the molecule is O=C(O)C(=O)O.O=P([O-])(O)OP(=O)(O)OP(=O)(O)O.[Li+]. The molecule has 0 aliphatic carbocycles. The first-order valence-corrected chi connectivity index (χ1v) is 7.89. The van der Waals surface area contributed by atoms with E-state index in [1.165, 1.54) is 0 Å². The van der Waals surface area contributed by atoms with Gasteiger partial charge in [-0.2, -0.15) is 4.31 Å². The predicted molar refractivity (Wildman–Crippen MR) is 49.1 cm³/mol. The van der Waals surface area contributed by atoms with Crippen LogP contribution >= 0.6 is 23.5 Å². The predicted octanol–water partition coefficient (Wildman–Crippen LogP) is -5.17. The smallest absolute Gasteiger partial charge is 0.756 e. The van der Waals surface area contributed by atoms with Gasteiger partial charge in [-0.05, 0) is 0 Å². The average Bonchev–Trinajstić information content (AvgIpc) is 1.93. The van der Waals surface area contributed by atoms with Gasteiger partial charge in [0.1, 0.15) is 0 Å². The topological polar surface area (TPSA) is 248 Å². The maximum Gasteiger partial charge on any atom is 1.00 e. The van der Waals surface area contributed by atoms with Crippen LogP contribution in [0.1, 0.15) is 0 Å². The van der Waals surface area contributed by atoms with E-state index in [4.69, 9.17) is 39.4 Å². The third-order valence-corrected chi connectivity index (χ3v) is 3.93. The van der Waals surface area contributed by atoms with Gasteiger partial charge in [0.2, 0.25) is 0 Å². The van der Waals surface area contributed by atoms with Crippen LogP contribution in [-0.4, -0.2) is 41.7 Å². The third kappa shape index (κ3) is 20.3. The Hall–Kier alpha value is -0.0526. The monoisotopic (exact) mass is 354 g/mol. The Morgan fingerprint density at radius 2 is 1.15 bits per heavy atom. The van der Waals surface area contributed by atoms with Gasteiger partial charge in [-0.15, -0.1) is 0 Å². The molecule has 0 heterocycles. The largest absolute Gasteiger partial charge is 1.00 e. The van der Waals surface area contributed by atoms with Crippen LogP contribution in [0.3, 0.4) is 0 Å². The molecule has 6 N–H and O–H groups in total. The van der Waals surface area contributed by atoms with E-state index in [1.54, 1.807) is 0 Å². The molecule has 0 saturated carbocycles. The number of carboxylic acids is 2. The van der Waals surface area contributed by atoms with E-state index in [9.17, 15) is 18.6 Å². The molecule has 0 aliphatic rings. The Morgan fingerprint density at radius 3 is 1.30 bits per heavy atom. The minimum atomic E-state index is -5.60. The van der Waals surface area contributed by atoms with Crippen LogP contribution in [0.4, 0.5) is 0 Å². The van der Waals surface area contributed by atoms with E-state index in [2.05, 4.69) is 8.62 Å². The van der Waals surface area contributed by atoms with E-state index in [0.29, 0.717) is 0 Å². The number of phosphoric acid groups is 3. The van der Waals surface area contributed by atoms with Crippen molar-refractivity contribution >= 4 is 35.4 Å². The van der Waals surface area contributed by atoms with E-state index in [0.717, 1.165) is 0 Å². The third-order valence-electron chi connectivity index (χ3n) is 0.599. The van der Waals surface area contributed by atoms with E-state index in [1.807, 2.05) is 0 Å². The average molecular weight is 354 g/mol. The van der Waals surface area contributed by atoms with Gasteiger partial charge < -0.3 is 34.7 Å². The van der Waals surface area contributed by atoms with Gasteiger partial charge in [0.05, 0.1) is 0 Å². The molecule has 2 unspecified atom stereocenters. The number of aliphatic carboxylic acids is 2. The second kappa shape index (κ2) is 9.06. The Balaban J connectivity index is -0.000000352. The molecule has 0 radical (unpaired) electrons. The molecule has 0 spiro atoms. The zero-order valence-electron chi connectivity index (χ0n) is 9.29. The molecule has 0 aromatic rings. The molecule has 0 amide bonds. The second-order valence-corrected chi connectivity index (χ2v) is 6.36. The van der Waals surface area contributed by atoms with Crippen molar-refractivity contribution in [2.75, 3.05) is 0 Å². The van der Waals surface area contributed by atoms with Gasteiger partial charge >= 0.3 is 46.4 Å². The number of hydrogen-bond acceptors (Lipinski definition) is 8. The Kier molecular flexibility index (Phi) is 11.3. The van der Waals surface area contributed by atoms with Crippen molar-refractivity contribution in [1.82, 2.24) is 0 Å². The van der Waals surface area contributed by atoms with Crippen molar-refractivity contribution in [2.24, 2.45) is 0 Å². The van der Waals surface area contributed by atoms with Crippen LogP contribution in [0.25, 0.3) is 0 Å². The summed E-state index contributed by atoms with van der Waals surface area (Å²) in [5.41, 5.74) is 0. The van der Waals surface area contributed by atoms with E-state index < -0.39 is 35.4 Å². The normalized spacial score (nSPS) is 16.4. The molecule has 14 nitrogen and oxygen atoms in total. The van der Waals surface area contributed by atoms with Crippen molar-refractivity contribution in [3.05, 3.63) is 0 Å². The van der Waals surface area contributed by atoms with Crippen LogP contribution < -0.4 is 23.8 Å². The summed E-state index contributed by atoms with van der Waals surface area (Å²) in [6.07, 6.45) is 0. The summed E-state index contributed by atoms with van der Waals surface area (Å²) < 4.78 is 36.1. The van der Waals surface area contributed by atoms with Crippen LogP contribution in [0.15, 0.2) is 0 Å². The summed E-state index contributed by atoms with van der Waals surface area (Å²) in [6.45, 7) is 0. The van der Waals surface area contributed by atoms with Crippen molar-refractivity contribution < 1.29 is 85.4 Å². The fourth-order valence-corrected chi connectivity index (χ4v) is 2.79. The summed E-state index contributed by atoms with van der Waals surface area (Å²) >= 11 is 0. The quantitative estimate of drug-likeness (QED) is 0.157. The maximum atomic E-state index is 10.3. The van der Waals surface area contributed by atoms with Crippen LogP contribution in [0.5, 0.6) is 0 Å². The standard InChI is InChI=1S/C2H2O4.Li.H5O10P3/c3-1(4)2(5)6;;1-11(2,3)9-13(7,8)10-12(4,5)6/h(H,3,4)(H,5,6);;(H,7,8)(H2,1,2,3)(H2,4,5,6)/q;+1;/p-1. The molecule has 0 aromatic heterocycles. The molecule has 0 rings (SSSR count). The summed E-state index contributed by atoms with van der Waals surface area (Å²) in [4.78, 5) is 60.1. The minimum absolute atomic E-state index is 0. The van der Waals surface area contributed by atoms with Crippen molar-refractivity contribution in [1.29, 1.82) is 0 Å². The minimum Gasteiger partial charge on any atom is -0.756 e. The summed E-state index contributed by atoms with van der Waals surface area (Å²) in [7, 11) is -16.5. The molecule has 18 heteroatoms. The molecular formula is C2H6LiO14P3. The molecular weight excluding hydrogens is 348 g/mol. The maximum absolute atomic E-state index is 10.3. The number of rotatable bonds is 4. The number of hydrogen-bond donors (Lipinski definition) is 6. The molecule has 0 bridgehead atoms. The zero-order chi connectivity index (χ0) is 16.1. The van der Waals surface area contributed by atoms with Gasteiger partial charge in [0.15, 0.2) is 0 Å². The molecule has 0 saturated heterocycles. The van der Waals surface area contributed by atoms with Crippen LogP contribution in [0.2, 0.25) is 0 Å². The number of carboxylic acid groups (broad SMARTS) is 2. The number of carbonyl (C=O) groups is 2. The molecule has 0 aliphatic heterocycles. The first-order valence-electron chi connectivity index (χ1n) is 3.37. The van der Waals surface area contributed by atoms with Crippen molar-refractivity contribution in [3.8, 4) is 0 Å². The molecule has 0 fully saturated rings. The van der Waals surface area contributed by atoms with Gasteiger partial charge in [-0.1, -0.05) is 0 Å². The van der Waals surface area contributed by atoms with Crippen molar-refractivity contribution in [2.45, 2.75) is 0 Å². The van der Waals surface area contributed by atoms with Crippen molar-refractivity contribution in [3.63, 3.8) is 0 Å². The molecule has 114 valence electrons. The Morgan fingerprint density at radius 1 is 0.850 bits per heavy atom. The summed E-state index contributed by atoms with van der Waals surface area (Å²) in [5.74, 6) is -3.65. The second-order valence-electron chi connectivity index (χ2n) is 2.20. The fraction of sp³-hybridized carbons (Fsp3) is 0. The first kappa shape index (κ1) is 24.9. The van der Waals surface area contributed by atoms with Gasteiger partial charge in [-0.3, -0.25) is 4.57 Å².